The molecule has 0 aliphatic rings. The van der Waals surface area contributed by atoms with Crippen molar-refractivity contribution in [2.75, 3.05) is 5.32 Å². The molecule has 2 rings (SSSR count). The van der Waals surface area contributed by atoms with E-state index in [1.54, 1.807) is 36.0 Å². The van der Waals surface area contributed by atoms with E-state index in [0.29, 0.717) is 16.3 Å². The standard InChI is InChI=1S/C17H15ClN2OS/c1-12(22-11-13-5-7-15(18)8-6-13)17(21)20-16-4-2-3-14(9-16)10-19/h2-9,12H,11H2,1H3,(H,20,21)/t12-/m1/s1. The van der Waals surface area contributed by atoms with E-state index in [1.165, 1.54) is 0 Å². The fraction of sp³-hybridized carbons (Fsp3) is 0.176. The molecule has 0 saturated carbocycles. The second kappa shape index (κ2) is 7.88. The molecular formula is C17H15ClN2OS. The molecule has 3 nitrogen and oxygen atoms in total. The molecule has 0 saturated heterocycles. The van der Waals surface area contributed by atoms with Crippen LogP contribution < -0.4 is 5.32 Å². The van der Waals surface area contributed by atoms with E-state index in [2.05, 4.69) is 11.4 Å². The highest BCUT2D eigenvalue weighted by Gasteiger charge is 2.13. The smallest absolute Gasteiger partial charge is 0.237 e. The van der Waals surface area contributed by atoms with Gasteiger partial charge >= 0.3 is 0 Å². The van der Waals surface area contributed by atoms with Crippen LogP contribution in [0.3, 0.4) is 0 Å². The second-order valence-electron chi connectivity index (χ2n) is 4.76. The number of nitrogens with zero attached hydrogens (tertiary/aromatic N) is 1. The number of hydrogen-bond acceptors (Lipinski definition) is 3. The zero-order valence-corrected chi connectivity index (χ0v) is 13.6. The van der Waals surface area contributed by atoms with Gasteiger partial charge in [-0.3, -0.25) is 4.79 Å². The van der Waals surface area contributed by atoms with Crippen LogP contribution in [0.1, 0.15) is 18.1 Å². The maximum atomic E-state index is 12.2. The molecule has 0 unspecified atom stereocenters. The average molecular weight is 331 g/mol. The Morgan fingerprint density at radius 1 is 1.32 bits per heavy atom. The maximum absolute atomic E-state index is 12.2. The number of thioether (sulfide) groups is 1. The van der Waals surface area contributed by atoms with Gasteiger partial charge in [-0.15, -0.1) is 11.8 Å². The minimum Gasteiger partial charge on any atom is -0.325 e. The summed E-state index contributed by atoms with van der Waals surface area (Å²) in [5.74, 6) is 0.665. The van der Waals surface area contributed by atoms with E-state index < -0.39 is 0 Å². The minimum absolute atomic E-state index is 0.0750. The van der Waals surface area contributed by atoms with Gasteiger partial charge in [0, 0.05) is 16.5 Å². The van der Waals surface area contributed by atoms with Gasteiger partial charge in [-0.25, -0.2) is 0 Å². The summed E-state index contributed by atoms with van der Waals surface area (Å²) >= 11 is 7.40. The van der Waals surface area contributed by atoms with Gasteiger partial charge in [0.15, 0.2) is 0 Å². The van der Waals surface area contributed by atoms with Gasteiger partial charge in [0.1, 0.15) is 0 Å². The van der Waals surface area contributed by atoms with Crippen LogP contribution in [0, 0.1) is 11.3 Å². The van der Waals surface area contributed by atoms with Crippen LogP contribution in [0.4, 0.5) is 5.69 Å². The van der Waals surface area contributed by atoms with E-state index in [9.17, 15) is 4.79 Å². The summed E-state index contributed by atoms with van der Waals surface area (Å²) in [6, 6.07) is 16.5. The third-order valence-electron chi connectivity index (χ3n) is 3.04. The topological polar surface area (TPSA) is 52.9 Å². The molecular weight excluding hydrogens is 316 g/mol. The minimum atomic E-state index is -0.193. The van der Waals surface area contributed by atoms with Gasteiger partial charge in [-0.05, 0) is 42.8 Å². The molecule has 0 aliphatic carbocycles. The Morgan fingerprint density at radius 2 is 2.05 bits per heavy atom. The molecule has 0 heterocycles. The van der Waals surface area contributed by atoms with Crippen molar-refractivity contribution in [3.05, 3.63) is 64.7 Å². The molecule has 0 aliphatic heterocycles. The Labute approximate surface area is 139 Å². The first-order valence-electron chi connectivity index (χ1n) is 6.75. The van der Waals surface area contributed by atoms with Crippen LogP contribution in [0.2, 0.25) is 5.02 Å². The molecule has 0 aromatic heterocycles. The van der Waals surface area contributed by atoms with Crippen molar-refractivity contribution >= 4 is 35.0 Å². The molecule has 1 N–H and O–H groups in total. The number of hydrogen-bond donors (Lipinski definition) is 1. The van der Waals surface area contributed by atoms with Gasteiger partial charge in [-0.2, -0.15) is 5.26 Å². The van der Waals surface area contributed by atoms with E-state index in [0.717, 1.165) is 11.3 Å². The first-order valence-corrected chi connectivity index (χ1v) is 8.18. The molecule has 0 radical (unpaired) electrons. The summed E-state index contributed by atoms with van der Waals surface area (Å²) in [5, 5.41) is 12.2. The zero-order chi connectivity index (χ0) is 15.9. The highest BCUT2D eigenvalue weighted by atomic mass is 35.5. The molecule has 2 aromatic carbocycles. The largest absolute Gasteiger partial charge is 0.325 e. The van der Waals surface area contributed by atoms with Crippen LogP contribution in [-0.4, -0.2) is 11.2 Å². The maximum Gasteiger partial charge on any atom is 0.237 e. The molecule has 0 spiro atoms. The van der Waals surface area contributed by atoms with Gasteiger partial charge in [0.25, 0.3) is 0 Å². The average Bonchev–Trinajstić information content (AvgIpc) is 2.54. The molecule has 0 bridgehead atoms. The summed E-state index contributed by atoms with van der Waals surface area (Å²) in [6.45, 7) is 1.87. The number of carbonyl (C=O) groups is 1. The van der Waals surface area contributed by atoms with Crippen LogP contribution in [0.5, 0.6) is 0 Å². The van der Waals surface area contributed by atoms with E-state index >= 15 is 0 Å². The Hall–Kier alpha value is -1.96. The summed E-state index contributed by atoms with van der Waals surface area (Å²) < 4.78 is 0. The van der Waals surface area contributed by atoms with Gasteiger partial charge < -0.3 is 5.32 Å². The summed E-state index contributed by atoms with van der Waals surface area (Å²) in [6.07, 6.45) is 0. The third-order valence-corrected chi connectivity index (χ3v) is 4.51. The summed E-state index contributed by atoms with van der Waals surface area (Å²) in [4.78, 5) is 12.2. The number of carbonyl (C=O) groups excluding carboxylic acids is 1. The Morgan fingerprint density at radius 3 is 2.73 bits per heavy atom. The molecule has 5 heteroatoms. The second-order valence-corrected chi connectivity index (χ2v) is 6.53. The highest BCUT2D eigenvalue weighted by molar-refractivity contribution is 7.99. The van der Waals surface area contributed by atoms with Crippen molar-refractivity contribution in [2.24, 2.45) is 0 Å². The SMILES string of the molecule is C[C@@H](SCc1ccc(Cl)cc1)C(=O)Nc1cccc(C#N)c1. The first kappa shape index (κ1) is 16.4. The molecule has 22 heavy (non-hydrogen) atoms. The molecule has 1 amide bonds. The lowest BCUT2D eigenvalue weighted by Gasteiger charge is -2.12. The lowest BCUT2D eigenvalue weighted by molar-refractivity contribution is -0.115. The summed E-state index contributed by atoms with van der Waals surface area (Å²) in [5.41, 5.74) is 2.29. The van der Waals surface area contributed by atoms with Crippen LogP contribution >= 0.6 is 23.4 Å². The van der Waals surface area contributed by atoms with E-state index in [1.807, 2.05) is 31.2 Å². The van der Waals surface area contributed by atoms with Gasteiger partial charge in [0.2, 0.25) is 5.91 Å². The quantitative estimate of drug-likeness (QED) is 0.879. The van der Waals surface area contributed by atoms with E-state index in [4.69, 9.17) is 16.9 Å². The zero-order valence-electron chi connectivity index (χ0n) is 12.0. The number of halogens is 1. The van der Waals surface area contributed by atoms with Crippen molar-refractivity contribution < 1.29 is 4.79 Å². The number of benzene rings is 2. The Kier molecular flexibility index (Phi) is 5.88. The van der Waals surface area contributed by atoms with Gasteiger partial charge in [0.05, 0.1) is 16.9 Å². The molecule has 0 fully saturated rings. The summed E-state index contributed by atoms with van der Waals surface area (Å²) in [7, 11) is 0. The number of nitrogens with one attached hydrogen (secondary N) is 1. The first-order chi connectivity index (χ1) is 10.6. The Bertz CT molecular complexity index is 695. The number of rotatable bonds is 5. The number of nitriles is 1. The number of anilines is 1. The van der Waals surface area contributed by atoms with Gasteiger partial charge in [-0.1, -0.05) is 29.8 Å². The lowest BCUT2D eigenvalue weighted by atomic mass is 10.2. The molecule has 2 aromatic rings. The fourth-order valence-corrected chi connectivity index (χ4v) is 2.76. The fourth-order valence-electron chi connectivity index (χ4n) is 1.79. The van der Waals surface area contributed by atoms with Crippen molar-refractivity contribution in [2.45, 2.75) is 17.9 Å². The van der Waals surface area contributed by atoms with Crippen molar-refractivity contribution in [3.63, 3.8) is 0 Å². The van der Waals surface area contributed by atoms with Crippen molar-refractivity contribution in [1.29, 1.82) is 5.26 Å². The predicted molar refractivity (Wildman–Crippen MR) is 92.0 cm³/mol. The van der Waals surface area contributed by atoms with Crippen LogP contribution in [-0.2, 0) is 10.5 Å². The van der Waals surface area contributed by atoms with Crippen molar-refractivity contribution in [1.82, 2.24) is 0 Å². The van der Waals surface area contributed by atoms with Crippen molar-refractivity contribution in [3.8, 4) is 6.07 Å². The van der Waals surface area contributed by atoms with Crippen LogP contribution in [0.15, 0.2) is 48.5 Å². The lowest BCUT2D eigenvalue weighted by Crippen LogP contribution is -2.22. The Balaban J connectivity index is 1.89. The number of amides is 1. The van der Waals surface area contributed by atoms with E-state index in [-0.39, 0.29) is 11.2 Å². The predicted octanol–water partition coefficient (Wildman–Crippen LogP) is 4.47. The molecule has 112 valence electrons. The third kappa shape index (κ3) is 4.80. The monoisotopic (exact) mass is 330 g/mol. The highest BCUT2D eigenvalue weighted by Crippen LogP contribution is 2.21. The van der Waals surface area contributed by atoms with Crippen LogP contribution in [0.25, 0.3) is 0 Å². The normalized spacial score (nSPS) is 11.5. The molecule has 1 atom stereocenters.